The van der Waals surface area contributed by atoms with Gasteiger partial charge < -0.3 is 15.1 Å². The zero-order valence-electron chi connectivity index (χ0n) is 16.2. The number of amides is 2. The highest BCUT2D eigenvalue weighted by Gasteiger charge is 2.49. The molecule has 3 unspecified atom stereocenters. The number of carbonyl (C=O) groups excluding carboxylic acids is 2. The second-order valence-corrected chi connectivity index (χ2v) is 8.36. The molecule has 0 aromatic heterocycles. The molecule has 0 aliphatic carbocycles. The number of fused-ring (bicyclic) bond motifs is 3. The number of nitrogens with two attached hydrogens (primary N) is 1. The van der Waals surface area contributed by atoms with Crippen molar-refractivity contribution < 1.29 is 18.5 Å². The first-order valence-electron chi connectivity index (χ1n) is 9.59. The number of hydrogen-bond donors (Lipinski definition) is 1. The third kappa shape index (κ3) is 3.18. The van der Waals surface area contributed by atoms with E-state index < -0.39 is 0 Å². The van der Waals surface area contributed by atoms with Crippen molar-refractivity contribution in [1.29, 1.82) is 0 Å². The minimum absolute atomic E-state index is 0.0356. The van der Waals surface area contributed by atoms with Crippen molar-refractivity contribution in [2.75, 3.05) is 31.6 Å². The summed E-state index contributed by atoms with van der Waals surface area (Å²) in [5, 5.41) is 0. The van der Waals surface area contributed by atoms with Crippen molar-refractivity contribution in [3.63, 3.8) is 0 Å². The van der Waals surface area contributed by atoms with Gasteiger partial charge in [-0.25, -0.2) is 4.39 Å². The number of nitrogens with zero attached hydrogens (tertiary/aromatic N) is 2. The van der Waals surface area contributed by atoms with Crippen molar-refractivity contribution in [2.24, 2.45) is 5.73 Å². The molecular weight excluding hydrogens is 357 g/mol. The van der Waals surface area contributed by atoms with Gasteiger partial charge in [-0.2, -0.15) is 0 Å². The van der Waals surface area contributed by atoms with Crippen LogP contribution in [-0.4, -0.2) is 49.0 Å². The number of benzene rings is 2. The molecule has 6 heteroatoms. The quantitative estimate of drug-likeness (QED) is 0.830. The first-order valence-corrected chi connectivity index (χ1v) is 9.59. The molecule has 5 nitrogen and oxygen atoms in total. The molecule has 2 aromatic rings. The van der Waals surface area contributed by atoms with Gasteiger partial charge in [0, 0.05) is 17.7 Å². The maximum absolute atomic E-state index is 13.3. The second-order valence-electron chi connectivity index (χ2n) is 8.36. The summed E-state index contributed by atoms with van der Waals surface area (Å²) in [7, 11) is 2.06. The van der Waals surface area contributed by atoms with Crippen LogP contribution < -0.4 is 10.6 Å². The average molecular weight is 382 g/mol. The van der Waals surface area contributed by atoms with Gasteiger partial charge in [-0.05, 0) is 42.8 Å². The minimum Gasteiger partial charge on any atom is -0.365 e. The van der Waals surface area contributed by atoms with Gasteiger partial charge in [-0.1, -0.05) is 17.7 Å². The van der Waals surface area contributed by atoms with Gasteiger partial charge in [0.05, 0.1) is 32.1 Å². The molecule has 28 heavy (non-hydrogen) atoms. The molecule has 1 saturated heterocycles. The monoisotopic (exact) mass is 382 g/mol. The lowest BCUT2D eigenvalue weighted by atomic mass is 9.87. The fourth-order valence-electron chi connectivity index (χ4n) is 4.83. The summed E-state index contributed by atoms with van der Waals surface area (Å²) in [6.07, 6.45) is 0.787. The van der Waals surface area contributed by atoms with Crippen LogP contribution in [0, 0.1) is 12.7 Å². The highest BCUT2D eigenvalue weighted by molar-refractivity contribution is 6.08. The predicted octanol–water partition coefficient (Wildman–Crippen LogP) is 2.58. The summed E-state index contributed by atoms with van der Waals surface area (Å²) < 4.78 is 13.9. The van der Waals surface area contributed by atoms with E-state index in [4.69, 9.17) is 5.73 Å². The molecule has 146 valence electrons. The predicted molar refractivity (Wildman–Crippen MR) is 106 cm³/mol. The number of anilines is 1. The van der Waals surface area contributed by atoms with Gasteiger partial charge in [0.15, 0.2) is 6.54 Å². The molecule has 2 aromatic carbocycles. The van der Waals surface area contributed by atoms with Crippen LogP contribution in [0.25, 0.3) is 0 Å². The Morgan fingerprint density at radius 2 is 1.93 bits per heavy atom. The van der Waals surface area contributed by atoms with E-state index in [-0.39, 0.29) is 29.6 Å². The first kappa shape index (κ1) is 18.6. The number of likely N-dealkylation sites (N-methyl/N-ethyl adjacent to an activating group) is 1. The Morgan fingerprint density at radius 3 is 2.61 bits per heavy atom. The van der Waals surface area contributed by atoms with E-state index >= 15 is 0 Å². The number of carbonyl (C=O) groups is 2. The van der Waals surface area contributed by atoms with E-state index in [2.05, 4.69) is 13.1 Å². The number of primary amides is 1. The lowest BCUT2D eigenvalue weighted by Crippen LogP contribution is -2.59. The zero-order chi connectivity index (χ0) is 20.1. The molecular formula is C22H25FN3O2+. The van der Waals surface area contributed by atoms with Gasteiger partial charge >= 0.3 is 0 Å². The van der Waals surface area contributed by atoms with Gasteiger partial charge in [0.2, 0.25) is 0 Å². The molecule has 0 saturated carbocycles. The molecule has 3 atom stereocenters. The lowest BCUT2D eigenvalue weighted by molar-refractivity contribution is -0.907. The standard InChI is InChI=1S/C22H24FN3O2/c1-14-3-8-19-17(11-14)18-12-26(2,13-21(24)27)10-9-20(18)25(19)22(28)15-4-6-16(23)7-5-15/h3-8,11,18,20H,9-10,12-13H2,1-2H3,(H-,24,27)/p+1. The van der Waals surface area contributed by atoms with Crippen LogP contribution in [-0.2, 0) is 4.79 Å². The molecule has 0 spiro atoms. The van der Waals surface area contributed by atoms with E-state index in [0.29, 0.717) is 16.6 Å². The Kier molecular flexibility index (Phi) is 4.46. The normalized spacial score (nSPS) is 25.9. The van der Waals surface area contributed by atoms with Crippen molar-refractivity contribution >= 4 is 17.5 Å². The van der Waals surface area contributed by atoms with E-state index in [1.54, 1.807) is 0 Å². The Labute approximate surface area is 164 Å². The summed E-state index contributed by atoms with van der Waals surface area (Å²) in [5.74, 6) is -0.618. The zero-order valence-corrected chi connectivity index (χ0v) is 16.2. The highest BCUT2D eigenvalue weighted by Crippen LogP contribution is 2.46. The van der Waals surface area contributed by atoms with Gasteiger partial charge in [-0.3, -0.25) is 9.59 Å². The molecule has 2 amide bonds. The third-order valence-electron chi connectivity index (χ3n) is 6.09. The maximum atomic E-state index is 13.3. The topological polar surface area (TPSA) is 63.4 Å². The Morgan fingerprint density at radius 1 is 1.21 bits per heavy atom. The van der Waals surface area contributed by atoms with Crippen LogP contribution in [0.1, 0.15) is 33.8 Å². The Bertz CT molecular complexity index is 943. The summed E-state index contributed by atoms with van der Waals surface area (Å²) in [5.41, 5.74) is 9.17. The van der Waals surface area contributed by atoms with Crippen molar-refractivity contribution in [2.45, 2.75) is 25.3 Å². The van der Waals surface area contributed by atoms with E-state index in [9.17, 15) is 14.0 Å². The summed E-state index contributed by atoms with van der Waals surface area (Å²) in [4.78, 5) is 26.8. The number of rotatable bonds is 3. The van der Waals surface area contributed by atoms with Crippen LogP contribution in [0.2, 0.25) is 0 Å². The molecule has 2 aliphatic rings. The van der Waals surface area contributed by atoms with Crippen molar-refractivity contribution in [1.82, 2.24) is 0 Å². The number of aryl methyl sites for hydroxylation is 1. The summed E-state index contributed by atoms with van der Waals surface area (Å²) in [6, 6.07) is 11.9. The molecule has 0 radical (unpaired) electrons. The lowest BCUT2D eigenvalue weighted by Gasteiger charge is -2.43. The second kappa shape index (κ2) is 6.71. The van der Waals surface area contributed by atoms with Gasteiger partial charge in [-0.15, -0.1) is 0 Å². The number of halogens is 1. The smallest absolute Gasteiger partial charge is 0.272 e. The van der Waals surface area contributed by atoms with E-state index in [0.717, 1.165) is 36.3 Å². The van der Waals surface area contributed by atoms with Crippen LogP contribution in [0.3, 0.4) is 0 Å². The fourth-order valence-corrected chi connectivity index (χ4v) is 4.83. The third-order valence-corrected chi connectivity index (χ3v) is 6.09. The highest BCUT2D eigenvalue weighted by atomic mass is 19.1. The van der Waals surface area contributed by atoms with Crippen LogP contribution >= 0.6 is 0 Å². The number of hydrogen-bond acceptors (Lipinski definition) is 2. The Hall–Kier alpha value is -2.73. The SMILES string of the molecule is Cc1ccc2c(c1)C1C[N+](C)(CC(N)=O)CCC1N2C(=O)c1ccc(F)cc1. The van der Waals surface area contributed by atoms with Gasteiger partial charge in [0.1, 0.15) is 5.82 Å². The molecule has 4 rings (SSSR count). The number of likely N-dealkylation sites (tertiary alicyclic amines) is 1. The summed E-state index contributed by atoms with van der Waals surface area (Å²) >= 11 is 0. The van der Waals surface area contributed by atoms with E-state index in [1.807, 2.05) is 24.0 Å². The molecule has 2 N–H and O–H groups in total. The molecule has 0 bridgehead atoms. The van der Waals surface area contributed by atoms with Crippen molar-refractivity contribution in [3.8, 4) is 0 Å². The Balaban J connectivity index is 1.73. The average Bonchev–Trinajstić information content (AvgIpc) is 2.93. The number of quaternary nitrogens is 1. The van der Waals surface area contributed by atoms with Crippen molar-refractivity contribution in [3.05, 3.63) is 65.0 Å². The molecule has 2 aliphatic heterocycles. The maximum Gasteiger partial charge on any atom is 0.272 e. The minimum atomic E-state index is -0.357. The molecule has 1 fully saturated rings. The van der Waals surface area contributed by atoms with Crippen LogP contribution in [0.5, 0.6) is 0 Å². The summed E-state index contributed by atoms with van der Waals surface area (Å²) in [6.45, 7) is 3.89. The first-order chi connectivity index (χ1) is 13.3. The fraction of sp³-hybridized carbons (Fsp3) is 0.364. The molecule has 2 heterocycles. The largest absolute Gasteiger partial charge is 0.365 e. The van der Waals surface area contributed by atoms with Crippen LogP contribution in [0.4, 0.5) is 10.1 Å². The number of piperidine rings is 1. The van der Waals surface area contributed by atoms with Crippen LogP contribution in [0.15, 0.2) is 42.5 Å². The van der Waals surface area contributed by atoms with E-state index in [1.165, 1.54) is 24.3 Å². The van der Waals surface area contributed by atoms with Gasteiger partial charge in [0.25, 0.3) is 11.8 Å².